The number of benzene rings is 2. The molecule has 1 heteroatoms. The highest BCUT2D eigenvalue weighted by Gasteiger charge is 1.92. The fraction of sp³-hybridized carbons (Fsp3) is 0.222. The summed E-state index contributed by atoms with van der Waals surface area (Å²) in [4.78, 5) is 3.26. The molecule has 0 amide bonds. The van der Waals surface area contributed by atoms with Crippen LogP contribution in [0.15, 0.2) is 60.7 Å². The number of hydrogen-bond donors (Lipinski definition) is 1. The van der Waals surface area contributed by atoms with Crippen LogP contribution in [-0.2, 0) is 6.42 Å². The fourth-order valence-electron chi connectivity index (χ4n) is 2.15. The number of nitrogens with one attached hydrogen (secondary N) is 1. The Morgan fingerprint density at radius 3 is 2.26 bits per heavy atom. The molecular formula is C18H21N. The van der Waals surface area contributed by atoms with Crippen LogP contribution in [-0.4, -0.2) is 4.98 Å². The Labute approximate surface area is 115 Å². The maximum Gasteiger partial charge on any atom is 0.0455 e. The smallest absolute Gasteiger partial charge is 0.0455 e. The summed E-state index contributed by atoms with van der Waals surface area (Å²) in [5.74, 6) is 0. The molecule has 0 aliphatic heterocycles. The molecule has 0 aliphatic rings. The van der Waals surface area contributed by atoms with Gasteiger partial charge in [0.1, 0.15) is 0 Å². The third-order valence-electron chi connectivity index (χ3n) is 3.05. The molecule has 0 atom stereocenters. The van der Waals surface area contributed by atoms with E-state index in [-0.39, 0.29) is 0 Å². The van der Waals surface area contributed by atoms with Crippen LogP contribution >= 0.6 is 0 Å². The number of hydrogen-bond acceptors (Lipinski definition) is 0. The normalized spacial score (nSPS) is 10.0. The van der Waals surface area contributed by atoms with Crippen molar-refractivity contribution in [2.45, 2.75) is 26.7 Å². The van der Waals surface area contributed by atoms with Gasteiger partial charge in [0.2, 0.25) is 0 Å². The number of aromatic nitrogens is 1. The average molecular weight is 251 g/mol. The van der Waals surface area contributed by atoms with Gasteiger partial charge < -0.3 is 4.98 Å². The highest BCUT2D eigenvalue weighted by Crippen LogP contribution is 2.12. The Balaban J connectivity index is 0.000000141. The van der Waals surface area contributed by atoms with Gasteiger partial charge in [0, 0.05) is 11.2 Å². The second-order valence-electron chi connectivity index (χ2n) is 4.78. The summed E-state index contributed by atoms with van der Waals surface area (Å²) in [5, 5.41) is 1.29. The maximum absolute atomic E-state index is 3.26. The van der Waals surface area contributed by atoms with E-state index in [1.165, 1.54) is 35.0 Å². The van der Waals surface area contributed by atoms with E-state index in [0.717, 1.165) is 0 Å². The van der Waals surface area contributed by atoms with E-state index in [0.29, 0.717) is 0 Å². The van der Waals surface area contributed by atoms with E-state index in [9.17, 15) is 0 Å². The average Bonchev–Trinajstić information content (AvgIpc) is 2.81. The Kier molecular flexibility index (Phi) is 4.79. The molecular weight excluding hydrogens is 230 g/mol. The lowest BCUT2D eigenvalue weighted by Gasteiger charge is -1.93. The van der Waals surface area contributed by atoms with E-state index < -0.39 is 0 Å². The predicted molar refractivity (Wildman–Crippen MR) is 83.5 cm³/mol. The van der Waals surface area contributed by atoms with Gasteiger partial charge in [-0.15, -0.1) is 0 Å². The molecule has 0 radical (unpaired) electrons. The third kappa shape index (κ3) is 3.99. The van der Waals surface area contributed by atoms with Crippen LogP contribution in [0.4, 0.5) is 0 Å². The van der Waals surface area contributed by atoms with Crippen molar-refractivity contribution in [1.82, 2.24) is 4.98 Å². The fourth-order valence-corrected chi connectivity index (χ4v) is 2.15. The molecule has 1 heterocycles. The van der Waals surface area contributed by atoms with Crippen LogP contribution in [0.5, 0.6) is 0 Å². The van der Waals surface area contributed by atoms with Crippen molar-refractivity contribution in [2.75, 3.05) is 0 Å². The minimum atomic E-state index is 1.21. The van der Waals surface area contributed by atoms with Gasteiger partial charge in [-0.05, 0) is 36.4 Å². The quantitative estimate of drug-likeness (QED) is 0.651. The van der Waals surface area contributed by atoms with Crippen LogP contribution in [0.25, 0.3) is 10.9 Å². The highest BCUT2D eigenvalue weighted by atomic mass is 14.7. The molecule has 1 N–H and O–H groups in total. The maximum atomic E-state index is 3.26. The molecule has 98 valence electrons. The number of rotatable bonds is 2. The number of fused-ring (bicyclic) bond motifs is 1. The van der Waals surface area contributed by atoms with Crippen molar-refractivity contribution in [1.29, 1.82) is 0 Å². The van der Waals surface area contributed by atoms with E-state index in [1.807, 2.05) is 6.07 Å². The highest BCUT2D eigenvalue weighted by molar-refractivity contribution is 5.79. The molecule has 19 heavy (non-hydrogen) atoms. The molecule has 0 unspecified atom stereocenters. The largest absolute Gasteiger partial charge is 0.359 e. The summed E-state index contributed by atoms with van der Waals surface area (Å²) >= 11 is 0. The molecule has 0 spiro atoms. The molecule has 0 bridgehead atoms. The first-order valence-electron chi connectivity index (χ1n) is 6.88. The first kappa shape index (κ1) is 13.4. The standard InChI is InChI=1S/C9H9N.C9H12/c1-7-6-8-4-2-3-5-9(8)10-7;1-2-6-9-7-4-3-5-8-9/h2-6,10H,1H3;3-5,7-8H,2,6H2,1H3. The molecule has 1 nitrogen and oxygen atoms in total. The van der Waals surface area contributed by atoms with E-state index in [1.54, 1.807) is 0 Å². The van der Waals surface area contributed by atoms with Gasteiger partial charge in [0.25, 0.3) is 0 Å². The molecule has 1 aromatic heterocycles. The van der Waals surface area contributed by atoms with Crippen molar-refractivity contribution in [3.05, 3.63) is 71.9 Å². The molecule has 0 saturated heterocycles. The minimum Gasteiger partial charge on any atom is -0.359 e. The van der Waals surface area contributed by atoms with Crippen molar-refractivity contribution in [3.8, 4) is 0 Å². The number of aromatic amines is 1. The van der Waals surface area contributed by atoms with Crippen LogP contribution in [0.2, 0.25) is 0 Å². The van der Waals surface area contributed by atoms with Gasteiger partial charge in [-0.2, -0.15) is 0 Å². The van der Waals surface area contributed by atoms with Crippen LogP contribution < -0.4 is 0 Å². The molecule has 3 aromatic rings. The molecule has 0 saturated carbocycles. The molecule has 0 aliphatic carbocycles. The van der Waals surface area contributed by atoms with Crippen molar-refractivity contribution >= 4 is 10.9 Å². The monoisotopic (exact) mass is 251 g/mol. The Bertz CT molecular complexity index is 575. The predicted octanol–water partition coefficient (Wildman–Crippen LogP) is 5.12. The van der Waals surface area contributed by atoms with Crippen LogP contribution in [0, 0.1) is 6.92 Å². The van der Waals surface area contributed by atoms with E-state index >= 15 is 0 Å². The third-order valence-corrected chi connectivity index (χ3v) is 3.05. The molecule has 0 fully saturated rings. The minimum absolute atomic E-state index is 1.21. The second-order valence-corrected chi connectivity index (χ2v) is 4.78. The summed E-state index contributed by atoms with van der Waals surface area (Å²) in [6.45, 7) is 4.27. The van der Waals surface area contributed by atoms with Crippen LogP contribution in [0.1, 0.15) is 24.6 Å². The Morgan fingerprint density at radius 2 is 1.58 bits per heavy atom. The van der Waals surface area contributed by atoms with Crippen molar-refractivity contribution in [2.24, 2.45) is 0 Å². The number of aryl methyl sites for hydroxylation is 2. The van der Waals surface area contributed by atoms with Gasteiger partial charge in [-0.25, -0.2) is 0 Å². The SMILES string of the molecule is CCCc1ccccc1.Cc1cc2ccccc2[nH]1. The lowest BCUT2D eigenvalue weighted by molar-refractivity contribution is 0.922. The topological polar surface area (TPSA) is 15.8 Å². The summed E-state index contributed by atoms with van der Waals surface area (Å²) in [5.41, 5.74) is 3.89. The van der Waals surface area contributed by atoms with Gasteiger partial charge in [0.05, 0.1) is 0 Å². The van der Waals surface area contributed by atoms with Gasteiger partial charge in [-0.3, -0.25) is 0 Å². The van der Waals surface area contributed by atoms with Crippen molar-refractivity contribution in [3.63, 3.8) is 0 Å². The van der Waals surface area contributed by atoms with Gasteiger partial charge in [-0.1, -0.05) is 61.9 Å². The zero-order valence-electron chi connectivity index (χ0n) is 11.7. The Morgan fingerprint density at radius 1 is 0.895 bits per heavy atom. The Hall–Kier alpha value is -2.02. The molecule has 2 aromatic carbocycles. The summed E-state index contributed by atoms with van der Waals surface area (Å²) < 4.78 is 0. The van der Waals surface area contributed by atoms with Gasteiger partial charge >= 0.3 is 0 Å². The van der Waals surface area contributed by atoms with Crippen molar-refractivity contribution < 1.29 is 0 Å². The number of para-hydroxylation sites is 1. The first-order valence-corrected chi connectivity index (χ1v) is 6.88. The molecule has 3 rings (SSSR count). The van der Waals surface area contributed by atoms with E-state index in [4.69, 9.17) is 0 Å². The summed E-state index contributed by atoms with van der Waals surface area (Å²) in [6, 6.07) is 21.0. The second kappa shape index (κ2) is 6.79. The van der Waals surface area contributed by atoms with E-state index in [2.05, 4.69) is 73.4 Å². The zero-order valence-corrected chi connectivity index (χ0v) is 11.7. The summed E-state index contributed by atoms with van der Waals surface area (Å²) in [7, 11) is 0. The first-order chi connectivity index (χ1) is 9.29. The summed E-state index contributed by atoms with van der Waals surface area (Å²) in [6.07, 6.45) is 2.45. The van der Waals surface area contributed by atoms with Gasteiger partial charge in [0.15, 0.2) is 0 Å². The lowest BCUT2D eigenvalue weighted by Crippen LogP contribution is -1.78. The zero-order chi connectivity index (χ0) is 13.5. The van der Waals surface area contributed by atoms with Crippen LogP contribution in [0.3, 0.4) is 0 Å². The number of H-pyrrole nitrogens is 1. The lowest BCUT2D eigenvalue weighted by atomic mass is 10.1.